The minimum Gasteiger partial charge on any atom is -0.393 e. The number of carbonyl (C=O) groups is 1. The molecule has 0 saturated carbocycles. The monoisotopic (exact) mass is 202 g/mol. The van der Waals surface area contributed by atoms with Gasteiger partial charge in [-0.15, -0.1) is 0 Å². The summed E-state index contributed by atoms with van der Waals surface area (Å²) in [6.07, 6.45) is 6.13. The lowest BCUT2D eigenvalue weighted by Crippen LogP contribution is -1.97. The molecule has 0 radical (unpaired) electrons. The van der Waals surface area contributed by atoms with Gasteiger partial charge in [-0.1, -0.05) is 33.1 Å². The van der Waals surface area contributed by atoms with Crippen LogP contribution < -0.4 is 0 Å². The van der Waals surface area contributed by atoms with Crippen molar-refractivity contribution in [2.45, 2.75) is 72.3 Å². The number of aliphatic hydroxyl groups excluding tert-OH is 1. The summed E-state index contributed by atoms with van der Waals surface area (Å²) < 4.78 is 0. The van der Waals surface area contributed by atoms with E-state index in [9.17, 15) is 4.79 Å². The normalized spacial score (nSPS) is 11.5. The van der Waals surface area contributed by atoms with Gasteiger partial charge in [-0.3, -0.25) is 0 Å². The molecule has 14 heavy (non-hydrogen) atoms. The van der Waals surface area contributed by atoms with Gasteiger partial charge in [-0.05, 0) is 26.7 Å². The number of aliphatic hydroxyl groups is 1. The van der Waals surface area contributed by atoms with E-state index in [2.05, 4.69) is 13.8 Å². The van der Waals surface area contributed by atoms with Crippen LogP contribution in [0.1, 0.15) is 66.2 Å². The Morgan fingerprint density at radius 3 is 1.86 bits per heavy atom. The van der Waals surface area contributed by atoms with E-state index in [1.807, 2.05) is 6.92 Å². The number of ketones is 1. The van der Waals surface area contributed by atoms with Gasteiger partial charge < -0.3 is 9.90 Å². The standard InChI is InChI=1S/C6H14O.C6H12O/c2*1-3-4-5-6(2)7/h6-7H,3-5H2,1-2H3;3-5H2,1-2H3. The van der Waals surface area contributed by atoms with Gasteiger partial charge in [-0.2, -0.15) is 0 Å². The lowest BCUT2D eigenvalue weighted by molar-refractivity contribution is -0.117. The topological polar surface area (TPSA) is 37.3 Å². The van der Waals surface area contributed by atoms with Gasteiger partial charge in [-0.25, -0.2) is 0 Å². The maximum absolute atomic E-state index is 10.2. The number of hydrogen-bond donors (Lipinski definition) is 1. The van der Waals surface area contributed by atoms with Crippen LogP contribution in [-0.2, 0) is 4.79 Å². The summed E-state index contributed by atoms with van der Waals surface area (Å²) in [7, 11) is 0. The molecule has 0 aliphatic carbocycles. The first-order chi connectivity index (χ1) is 6.54. The smallest absolute Gasteiger partial charge is 0.129 e. The Morgan fingerprint density at radius 1 is 1.21 bits per heavy atom. The van der Waals surface area contributed by atoms with Gasteiger partial charge in [0.05, 0.1) is 6.10 Å². The zero-order chi connectivity index (χ0) is 11.4. The van der Waals surface area contributed by atoms with Crippen molar-refractivity contribution in [1.82, 2.24) is 0 Å². The highest BCUT2D eigenvalue weighted by molar-refractivity contribution is 5.75. The molecule has 0 aromatic heterocycles. The summed E-state index contributed by atoms with van der Waals surface area (Å²) in [5.74, 6) is 0.307. The Hall–Kier alpha value is -0.370. The summed E-state index contributed by atoms with van der Waals surface area (Å²) in [4.78, 5) is 10.2. The summed E-state index contributed by atoms with van der Waals surface area (Å²) in [5.41, 5.74) is 0. The maximum Gasteiger partial charge on any atom is 0.129 e. The van der Waals surface area contributed by atoms with Gasteiger partial charge in [0.15, 0.2) is 0 Å². The molecule has 0 bridgehead atoms. The molecule has 0 aliphatic rings. The molecular formula is C12H26O2. The fourth-order valence-electron chi connectivity index (χ4n) is 0.925. The molecule has 86 valence electrons. The molecule has 0 amide bonds. The molecule has 0 fully saturated rings. The molecule has 1 N–H and O–H groups in total. The van der Waals surface area contributed by atoms with E-state index in [1.54, 1.807) is 6.92 Å². The first kappa shape index (κ1) is 16.1. The van der Waals surface area contributed by atoms with Crippen molar-refractivity contribution in [3.63, 3.8) is 0 Å². The van der Waals surface area contributed by atoms with Gasteiger partial charge in [0.25, 0.3) is 0 Å². The van der Waals surface area contributed by atoms with E-state index in [0.29, 0.717) is 5.78 Å². The van der Waals surface area contributed by atoms with Crippen LogP contribution in [0.5, 0.6) is 0 Å². The molecule has 0 aliphatic heterocycles. The van der Waals surface area contributed by atoms with Crippen LogP contribution in [-0.4, -0.2) is 17.0 Å². The SMILES string of the molecule is CCCCC(C)=O.CCCCC(C)O. The zero-order valence-corrected chi connectivity index (χ0v) is 10.2. The molecule has 1 unspecified atom stereocenters. The highest BCUT2D eigenvalue weighted by Gasteiger charge is 1.90. The molecule has 0 saturated heterocycles. The Kier molecular flexibility index (Phi) is 14.5. The van der Waals surface area contributed by atoms with Crippen LogP contribution in [0.2, 0.25) is 0 Å². The second kappa shape index (κ2) is 12.6. The molecule has 0 rings (SSSR count). The third-order valence-electron chi connectivity index (χ3n) is 1.86. The fourth-order valence-corrected chi connectivity index (χ4v) is 0.925. The molecule has 2 nitrogen and oxygen atoms in total. The third kappa shape index (κ3) is 22.6. The second-order valence-corrected chi connectivity index (χ2v) is 3.80. The van der Waals surface area contributed by atoms with Crippen molar-refractivity contribution in [3.05, 3.63) is 0 Å². The van der Waals surface area contributed by atoms with E-state index < -0.39 is 0 Å². The van der Waals surface area contributed by atoms with Crippen LogP contribution in [0, 0.1) is 0 Å². The average molecular weight is 202 g/mol. The summed E-state index contributed by atoms with van der Waals surface area (Å²) >= 11 is 0. The van der Waals surface area contributed by atoms with E-state index in [-0.39, 0.29) is 6.10 Å². The number of Topliss-reactive ketones (excluding diaryl/α,β-unsaturated/α-hetero) is 1. The molecular weight excluding hydrogens is 176 g/mol. The van der Waals surface area contributed by atoms with Crippen LogP contribution in [0.15, 0.2) is 0 Å². The van der Waals surface area contributed by atoms with E-state index in [0.717, 1.165) is 32.1 Å². The summed E-state index contributed by atoms with van der Waals surface area (Å²) in [6.45, 7) is 7.68. The number of rotatable bonds is 6. The summed E-state index contributed by atoms with van der Waals surface area (Å²) in [6, 6.07) is 0. The molecule has 0 heterocycles. The van der Waals surface area contributed by atoms with Gasteiger partial charge in [0, 0.05) is 6.42 Å². The number of carbonyl (C=O) groups excluding carboxylic acids is 1. The molecule has 0 spiro atoms. The van der Waals surface area contributed by atoms with Crippen molar-refractivity contribution in [2.24, 2.45) is 0 Å². The van der Waals surface area contributed by atoms with Gasteiger partial charge >= 0.3 is 0 Å². The minimum absolute atomic E-state index is 0.0973. The Labute approximate surface area is 88.7 Å². The van der Waals surface area contributed by atoms with E-state index in [4.69, 9.17) is 5.11 Å². The van der Waals surface area contributed by atoms with Gasteiger partial charge in [0.1, 0.15) is 5.78 Å². The first-order valence-corrected chi connectivity index (χ1v) is 5.72. The predicted octanol–water partition coefficient (Wildman–Crippen LogP) is 3.32. The van der Waals surface area contributed by atoms with Crippen LogP contribution in [0.3, 0.4) is 0 Å². The number of hydrogen-bond acceptors (Lipinski definition) is 2. The van der Waals surface area contributed by atoms with Crippen LogP contribution >= 0.6 is 0 Å². The molecule has 0 aromatic carbocycles. The van der Waals surface area contributed by atoms with Gasteiger partial charge in [0.2, 0.25) is 0 Å². The van der Waals surface area contributed by atoms with Crippen LogP contribution in [0.25, 0.3) is 0 Å². The maximum atomic E-state index is 10.2. The van der Waals surface area contributed by atoms with Crippen molar-refractivity contribution < 1.29 is 9.90 Å². The average Bonchev–Trinajstić information content (AvgIpc) is 2.12. The molecule has 1 atom stereocenters. The zero-order valence-electron chi connectivity index (χ0n) is 10.2. The number of unbranched alkanes of at least 4 members (excludes halogenated alkanes) is 2. The predicted molar refractivity (Wildman–Crippen MR) is 61.4 cm³/mol. The lowest BCUT2D eigenvalue weighted by Gasteiger charge is -1.98. The second-order valence-electron chi connectivity index (χ2n) is 3.80. The first-order valence-electron chi connectivity index (χ1n) is 5.72. The quantitative estimate of drug-likeness (QED) is 0.717. The van der Waals surface area contributed by atoms with Crippen molar-refractivity contribution >= 4 is 5.78 Å². The molecule has 2 heteroatoms. The van der Waals surface area contributed by atoms with Crippen molar-refractivity contribution in [2.75, 3.05) is 0 Å². The Bertz CT molecular complexity index is 119. The lowest BCUT2D eigenvalue weighted by atomic mass is 10.2. The largest absolute Gasteiger partial charge is 0.393 e. The summed E-state index contributed by atoms with van der Waals surface area (Å²) in [5, 5.41) is 8.68. The van der Waals surface area contributed by atoms with E-state index >= 15 is 0 Å². The van der Waals surface area contributed by atoms with Crippen molar-refractivity contribution in [1.29, 1.82) is 0 Å². The molecule has 0 aromatic rings. The highest BCUT2D eigenvalue weighted by Crippen LogP contribution is 1.97. The third-order valence-corrected chi connectivity index (χ3v) is 1.86. The van der Waals surface area contributed by atoms with E-state index in [1.165, 1.54) is 6.42 Å². The Morgan fingerprint density at radius 2 is 1.71 bits per heavy atom. The minimum atomic E-state index is -0.0973. The Balaban J connectivity index is 0. The van der Waals surface area contributed by atoms with Crippen LogP contribution in [0.4, 0.5) is 0 Å². The fraction of sp³-hybridized carbons (Fsp3) is 0.917. The highest BCUT2D eigenvalue weighted by atomic mass is 16.3. The van der Waals surface area contributed by atoms with Crippen molar-refractivity contribution in [3.8, 4) is 0 Å².